The van der Waals surface area contributed by atoms with Gasteiger partial charge in [-0.1, -0.05) is 30.3 Å². The summed E-state index contributed by atoms with van der Waals surface area (Å²) in [5, 5.41) is 3.02. The van der Waals surface area contributed by atoms with Crippen molar-refractivity contribution in [3.05, 3.63) is 53.7 Å². The van der Waals surface area contributed by atoms with Crippen LogP contribution < -0.4 is 10.2 Å². The molecular formula is C22H25N5O3. The summed E-state index contributed by atoms with van der Waals surface area (Å²) in [7, 11) is 3.39. The van der Waals surface area contributed by atoms with Crippen molar-refractivity contribution in [2.45, 2.75) is 25.4 Å². The van der Waals surface area contributed by atoms with Crippen LogP contribution in [-0.2, 0) is 16.1 Å². The summed E-state index contributed by atoms with van der Waals surface area (Å²) in [6.45, 7) is 1.09. The molecule has 3 heterocycles. The minimum atomic E-state index is -0.455. The van der Waals surface area contributed by atoms with Crippen molar-refractivity contribution in [3.63, 3.8) is 0 Å². The molecule has 30 heavy (non-hydrogen) atoms. The molecule has 156 valence electrons. The van der Waals surface area contributed by atoms with E-state index >= 15 is 0 Å². The maximum atomic E-state index is 13.2. The second-order valence-corrected chi connectivity index (χ2v) is 7.80. The van der Waals surface area contributed by atoms with Crippen LogP contribution in [0.25, 0.3) is 0 Å². The van der Waals surface area contributed by atoms with Crippen molar-refractivity contribution in [1.82, 2.24) is 14.8 Å². The highest BCUT2D eigenvalue weighted by Gasteiger charge is 2.36. The number of carbonyl (C=O) groups excluding carboxylic acids is 3. The Morgan fingerprint density at radius 3 is 2.73 bits per heavy atom. The highest BCUT2D eigenvalue weighted by Crippen LogP contribution is 2.31. The molecule has 1 aromatic heterocycles. The Kier molecular flexibility index (Phi) is 5.39. The number of nitrogens with zero attached hydrogens (tertiary/aromatic N) is 4. The third-order valence-electron chi connectivity index (χ3n) is 5.54. The highest BCUT2D eigenvalue weighted by atomic mass is 16.2. The lowest BCUT2D eigenvalue weighted by molar-refractivity contribution is -0.132. The smallest absolute Gasteiger partial charge is 0.256 e. The number of likely N-dealkylation sites (tertiary alicyclic amines) is 1. The number of benzene rings is 1. The maximum absolute atomic E-state index is 13.2. The van der Waals surface area contributed by atoms with Gasteiger partial charge in [-0.05, 0) is 24.5 Å². The standard InChI is InChI=1S/C22H25N5O3/c1-25(2)22(30)17-9-6-10-26(17)21(29)16-11-18-20(23-12-16)24-13-19(28)27(18)14-15-7-4-3-5-8-15/h3-5,7-8,11-12,17H,6,9-10,13-14H2,1-2H3,(H,23,24)/t17-/m0/s1. The summed E-state index contributed by atoms with van der Waals surface area (Å²) in [5.41, 5.74) is 1.95. The Bertz CT molecular complexity index is 976. The van der Waals surface area contributed by atoms with Gasteiger partial charge in [0.2, 0.25) is 11.8 Å². The summed E-state index contributed by atoms with van der Waals surface area (Å²) in [6.07, 6.45) is 2.95. The number of hydrogen-bond acceptors (Lipinski definition) is 5. The van der Waals surface area contributed by atoms with E-state index in [9.17, 15) is 14.4 Å². The zero-order chi connectivity index (χ0) is 21.3. The molecule has 1 aromatic carbocycles. The van der Waals surface area contributed by atoms with Crippen molar-refractivity contribution in [2.24, 2.45) is 0 Å². The molecule has 0 radical (unpaired) electrons. The molecule has 8 nitrogen and oxygen atoms in total. The van der Waals surface area contributed by atoms with Crippen LogP contribution in [0.4, 0.5) is 11.5 Å². The molecule has 0 saturated carbocycles. The lowest BCUT2D eigenvalue weighted by Crippen LogP contribution is -2.45. The Balaban J connectivity index is 1.63. The van der Waals surface area contributed by atoms with Gasteiger partial charge in [-0.2, -0.15) is 0 Å². The van der Waals surface area contributed by atoms with Crippen molar-refractivity contribution in [1.29, 1.82) is 0 Å². The monoisotopic (exact) mass is 407 g/mol. The van der Waals surface area contributed by atoms with Gasteiger partial charge in [-0.25, -0.2) is 4.98 Å². The predicted molar refractivity (Wildman–Crippen MR) is 113 cm³/mol. The van der Waals surface area contributed by atoms with E-state index in [-0.39, 0.29) is 24.3 Å². The summed E-state index contributed by atoms with van der Waals surface area (Å²) in [6, 6.07) is 10.9. The van der Waals surface area contributed by atoms with Crippen LogP contribution in [-0.4, -0.2) is 65.7 Å². The quantitative estimate of drug-likeness (QED) is 0.834. The van der Waals surface area contributed by atoms with Crippen molar-refractivity contribution in [3.8, 4) is 0 Å². The van der Waals surface area contributed by atoms with Crippen molar-refractivity contribution >= 4 is 29.2 Å². The number of fused-ring (bicyclic) bond motifs is 1. The molecule has 8 heteroatoms. The first-order chi connectivity index (χ1) is 14.5. The van der Waals surface area contributed by atoms with E-state index in [2.05, 4.69) is 10.3 Å². The molecule has 0 bridgehead atoms. The van der Waals surface area contributed by atoms with Crippen LogP contribution in [0, 0.1) is 0 Å². The zero-order valence-corrected chi connectivity index (χ0v) is 17.2. The number of pyridine rings is 1. The van der Waals surface area contributed by atoms with E-state index in [1.54, 1.807) is 30.0 Å². The van der Waals surface area contributed by atoms with E-state index in [0.29, 0.717) is 36.6 Å². The lowest BCUT2D eigenvalue weighted by Gasteiger charge is -2.30. The largest absolute Gasteiger partial charge is 0.359 e. The summed E-state index contributed by atoms with van der Waals surface area (Å²) in [5.74, 6) is 0.180. The van der Waals surface area contributed by atoms with Gasteiger partial charge >= 0.3 is 0 Å². The van der Waals surface area contributed by atoms with E-state index in [1.165, 1.54) is 11.1 Å². The average molecular weight is 407 g/mol. The minimum absolute atomic E-state index is 0.0747. The number of hydrogen-bond donors (Lipinski definition) is 1. The molecule has 2 aromatic rings. The van der Waals surface area contributed by atoms with E-state index in [0.717, 1.165) is 12.0 Å². The number of likely N-dealkylation sites (N-methyl/N-ethyl adjacent to an activating group) is 1. The Labute approximate surface area is 175 Å². The fourth-order valence-electron chi connectivity index (χ4n) is 3.97. The highest BCUT2D eigenvalue weighted by molar-refractivity contribution is 6.04. The second-order valence-electron chi connectivity index (χ2n) is 7.80. The molecule has 1 N–H and O–H groups in total. The SMILES string of the molecule is CN(C)C(=O)[C@@H]1CCCN1C(=O)c1cnc2c(c1)N(Cc1ccccc1)C(=O)CN2. The third kappa shape index (κ3) is 3.72. The van der Waals surface area contributed by atoms with Crippen LogP contribution >= 0.6 is 0 Å². The topological polar surface area (TPSA) is 85.9 Å². The van der Waals surface area contributed by atoms with Crippen LogP contribution in [0.15, 0.2) is 42.6 Å². The predicted octanol–water partition coefficient (Wildman–Crippen LogP) is 1.73. The minimum Gasteiger partial charge on any atom is -0.359 e. The first-order valence-electron chi connectivity index (χ1n) is 10.1. The van der Waals surface area contributed by atoms with Gasteiger partial charge in [0.15, 0.2) is 5.82 Å². The molecule has 0 aliphatic carbocycles. The van der Waals surface area contributed by atoms with E-state index < -0.39 is 6.04 Å². The Hall–Kier alpha value is -3.42. The average Bonchev–Trinajstić information content (AvgIpc) is 3.24. The van der Waals surface area contributed by atoms with E-state index in [1.807, 2.05) is 30.3 Å². The summed E-state index contributed by atoms with van der Waals surface area (Å²) >= 11 is 0. The number of anilines is 2. The first-order valence-corrected chi connectivity index (χ1v) is 10.1. The van der Waals surface area contributed by atoms with Gasteiger partial charge in [-0.15, -0.1) is 0 Å². The number of rotatable bonds is 4. The van der Waals surface area contributed by atoms with Gasteiger partial charge in [0.1, 0.15) is 6.04 Å². The fraction of sp³-hybridized carbons (Fsp3) is 0.364. The molecule has 3 amide bonds. The van der Waals surface area contributed by atoms with Gasteiger partial charge in [-0.3, -0.25) is 14.4 Å². The second kappa shape index (κ2) is 8.14. The fourth-order valence-corrected chi connectivity index (χ4v) is 3.97. The first kappa shape index (κ1) is 19.9. The van der Waals surface area contributed by atoms with Gasteiger partial charge in [0.05, 0.1) is 24.3 Å². The molecule has 1 saturated heterocycles. The van der Waals surface area contributed by atoms with Gasteiger partial charge in [0, 0.05) is 26.8 Å². The van der Waals surface area contributed by atoms with E-state index in [4.69, 9.17) is 0 Å². The third-order valence-corrected chi connectivity index (χ3v) is 5.54. The molecule has 0 unspecified atom stereocenters. The molecule has 4 rings (SSSR count). The van der Waals surface area contributed by atoms with Crippen molar-refractivity contribution in [2.75, 3.05) is 37.4 Å². The Morgan fingerprint density at radius 2 is 2.00 bits per heavy atom. The normalized spacial score (nSPS) is 18.1. The Morgan fingerprint density at radius 1 is 1.23 bits per heavy atom. The van der Waals surface area contributed by atoms with Gasteiger partial charge in [0.25, 0.3) is 5.91 Å². The molecule has 1 fully saturated rings. The number of carbonyl (C=O) groups is 3. The molecule has 1 atom stereocenters. The van der Waals surface area contributed by atoms with Crippen molar-refractivity contribution < 1.29 is 14.4 Å². The van der Waals surface area contributed by atoms with Gasteiger partial charge < -0.3 is 20.0 Å². The number of nitrogens with one attached hydrogen (secondary N) is 1. The molecule has 2 aliphatic heterocycles. The molecule has 0 spiro atoms. The van der Waals surface area contributed by atoms with Crippen LogP contribution in [0.3, 0.4) is 0 Å². The lowest BCUT2D eigenvalue weighted by atomic mass is 10.1. The maximum Gasteiger partial charge on any atom is 0.256 e. The number of amides is 3. The molecular weight excluding hydrogens is 382 g/mol. The zero-order valence-electron chi connectivity index (χ0n) is 17.2. The number of aromatic nitrogens is 1. The summed E-state index contributed by atoms with van der Waals surface area (Å²) in [4.78, 5) is 47.5. The van der Waals surface area contributed by atoms with Crippen LogP contribution in [0.5, 0.6) is 0 Å². The summed E-state index contributed by atoms with van der Waals surface area (Å²) < 4.78 is 0. The van der Waals surface area contributed by atoms with Crippen LogP contribution in [0.1, 0.15) is 28.8 Å². The van der Waals surface area contributed by atoms with Crippen LogP contribution in [0.2, 0.25) is 0 Å². The molecule has 2 aliphatic rings.